The number of aryl methyl sites for hydroxylation is 1. The fraction of sp³-hybridized carbons (Fsp3) is 0.500. The molecule has 0 aliphatic rings. The van der Waals surface area contributed by atoms with Gasteiger partial charge in [0.1, 0.15) is 0 Å². The van der Waals surface area contributed by atoms with E-state index >= 15 is 0 Å². The van der Waals surface area contributed by atoms with Gasteiger partial charge in [-0.15, -0.1) is 0 Å². The van der Waals surface area contributed by atoms with Crippen LogP contribution >= 0.6 is 11.6 Å². The second-order valence-corrected chi connectivity index (χ2v) is 3.72. The maximum absolute atomic E-state index is 11.5. The van der Waals surface area contributed by atoms with Gasteiger partial charge in [-0.1, -0.05) is 0 Å². The third-order valence-electron chi connectivity index (χ3n) is 2.06. The van der Waals surface area contributed by atoms with Crippen LogP contribution in [0.15, 0.2) is 12.4 Å². The van der Waals surface area contributed by atoms with Gasteiger partial charge in [0.2, 0.25) is 5.24 Å². The number of aromatic nitrogens is 2. The Kier molecular flexibility index (Phi) is 4.98. The van der Waals surface area contributed by atoms with Gasteiger partial charge in [-0.3, -0.25) is 14.3 Å². The molecular formula is C10H14ClN3O2. The first-order valence-electron chi connectivity index (χ1n) is 5.12. The largest absolute Gasteiger partial charge is 0.352 e. The van der Waals surface area contributed by atoms with E-state index in [9.17, 15) is 9.59 Å². The fourth-order valence-corrected chi connectivity index (χ4v) is 1.32. The molecule has 1 amide bonds. The van der Waals surface area contributed by atoms with Crippen molar-refractivity contribution in [1.29, 1.82) is 0 Å². The highest BCUT2D eigenvalue weighted by Crippen LogP contribution is 1.98. The van der Waals surface area contributed by atoms with Crippen LogP contribution in [0.4, 0.5) is 0 Å². The van der Waals surface area contributed by atoms with Crippen molar-refractivity contribution in [2.24, 2.45) is 0 Å². The van der Waals surface area contributed by atoms with Crippen molar-refractivity contribution < 1.29 is 9.59 Å². The molecule has 6 heteroatoms. The van der Waals surface area contributed by atoms with Crippen LogP contribution in [-0.4, -0.2) is 27.5 Å². The SMILES string of the molecule is CCn1cc(C(=O)NCCCC(=O)Cl)cn1. The maximum atomic E-state index is 11.5. The highest BCUT2D eigenvalue weighted by atomic mass is 35.5. The molecule has 1 heterocycles. The van der Waals surface area contributed by atoms with Crippen LogP contribution in [0.3, 0.4) is 0 Å². The highest BCUT2D eigenvalue weighted by Gasteiger charge is 2.07. The predicted molar refractivity (Wildman–Crippen MR) is 60.3 cm³/mol. The van der Waals surface area contributed by atoms with Crippen LogP contribution in [0.25, 0.3) is 0 Å². The molecule has 0 saturated carbocycles. The summed E-state index contributed by atoms with van der Waals surface area (Å²) in [6.07, 6.45) is 4.03. The van der Waals surface area contributed by atoms with E-state index in [1.54, 1.807) is 10.9 Å². The van der Waals surface area contributed by atoms with E-state index in [0.717, 1.165) is 6.54 Å². The molecule has 0 fully saturated rings. The van der Waals surface area contributed by atoms with Crippen LogP contribution in [0.1, 0.15) is 30.1 Å². The summed E-state index contributed by atoms with van der Waals surface area (Å²) in [5.74, 6) is -0.179. The molecule has 1 rings (SSSR count). The van der Waals surface area contributed by atoms with E-state index in [-0.39, 0.29) is 17.6 Å². The molecule has 0 saturated heterocycles. The molecule has 0 radical (unpaired) electrons. The van der Waals surface area contributed by atoms with Crippen LogP contribution in [-0.2, 0) is 11.3 Å². The van der Waals surface area contributed by atoms with Gasteiger partial charge in [-0.2, -0.15) is 5.10 Å². The van der Waals surface area contributed by atoms with Gasteiger partial charge < -0.3 is 5.32 Å². The standard InChI is InChI=1S/C10H14ClN3O2/c1-2-14-7-8(6-13-14)10(16)12-5-3-4-9(11)15/h6-7H,2-5H2,1H3,(H,12,16). The van der Waals surface area contributed by atoms with Gasteiger partial charge in [0.15, 0.2) is 0 Å². The van der Waals surface area contributed by atoms with E-state index in [4.69, 9.17) is 11.6 Å². The zero-order valence-corrected chi connectivity index (χ0v) is 9.83. The number of hydrogen-bond acceptors (Lipinski definition) is 3. The third-order valence-corrected chi connectivity index (χ3v) is 2.24. The number of nitrogens with zero attached hydrogens (tertiary/aromatic N) is 2. The molecule has 0 spiro atoms. The zero-order chi connectivity index (χ0) is 12.0. The second kappa shape index (κ2) is 6.27. The minimum absolute atomic E-state index is 0.179. The van der Waals surface area contributed by atoms with Gasteiger partial charge in [-0.05, 0) is 24.9 Å². The Labute approximate surface area is 98.8 Å². The van der Waals surface area contributed by atoms with Crippen LogP contribution in [0, 0.1) is 0 Å². The number of carbonyl (C=O) groups is 2. The van der Waals surface area contributed by atoms with Crippen molar-refractivity contribution in [1.82, 2.24) is 15.1 Å². The number of carbonyl (C=O) groups excluding carboxylic acids is 2. The van der Waals surface area contributed by atoms with Crippen LogP contribution in [0.2, 0.25) is 0 Å². The van der Waals surface area contributed by atoms with E-state index in [0.29, 0.717) is 18.5 Å². The lowest BCUT2D eigenvalue weighted by molar-refractivity contribution is -0.111. The van der Waals surface area contributed by atoms with E-state index in [1.807, 2.05) is 6.92 Å². The van der Waals surface area contributed by atoms with E-state index < -0.39 is 0 Å². The summed E-state index contributed by atoms with van der Waals surface area (Å²) in [6.45, 7) is 3.11. The van der Waals surface area contributed by atoms with Gasteiger partial charge in [0.05, 0.1) is 11.8 Å². The van der Waals surface area contributed by atoms with Crippen molar-refractivity contribution in [2.75, 3.05) is 6.54 Å². The topological polar surface area (TPSA) is 64.0 Å². The molecule has 16 heavy (non-hydrogen) atoms. The van der Waals surface area contributed by atoms with E-state index in [2.05, 4.69) is 10.4 Å². The highest BCUT2D eigenvalue weighted by molar-refractivity contribution is 6.63. The smallest absolute Gasteiger partial charge is 0.254 e. The lowest BCUT2D eigenvalue weighted by Crippen LogP contribution is -2.24. The summed E-state index contributed by atoms with van der Waals surface area (Å²) < 4.78 is 1.68. The van der Waals surface area contributed by atoms with Crippen molar-refractivity contribution in [3.63, 3.8) is 0 Å². The lowest BCUT2D eigenvalue weighted by Gasteiger charge is -2.01. The van der Waals surface area contributed by atoms with Gasteiger partial charge in [-0.25, -0.2) is 0 Å². The average Bonchev–Trinajstić information content (AvgIpc) is 2.72. The Morgan fingerprint density at radius 1 is 1.56 bits per heavy atom. The Bertz CT molecular complexity index is 376. The first kappa shape index (κ1) is 12.7. The Morgan fingerprint density at radius 3 is 2.88 bits per heavy atom. The van der Waals surface area contributed by atoms with Crippen molar-refractivity contribution in [2.45, 2.75) is 26.3 Å². The first-order valence-corrected chi connectivity index (χ1v) is 5.50. The quantitative estimate of drug-likeness (QED) is 0.603. The van der Waals surface area contributed by atoms with Crippen molar-refractivity contribution >= 4 is 22.8 Å². The molecule has 0 aliphatic carbocycles. The summed E-state index contributed by atoms with van der Waals surface area (Å²) in [5.41, 5.74) is 0.527. The maximum Gasteiger partial charge on any atom is 0.254 e. The third kappa shape index (κ3) is 4.02. The predicted octanol–water partition coefficient (Wildman–Crippen LogP) is 1.18. The summed E-state index contributed by atoms with van der Waals surface area (Å²) in [6, 6.07) is 0. The molecular weight excluding hydrogens is 230 g/mol. The van der Waals surface area contributed by atoms with Gasteiger partial charge in [0, 0.05) is 25.7 Å². The number of amides is 1. The van der Waals surface area contributed by atoms with Crippen molar-refractivity contribution in [3.05, 3.63) is 18.0 Å². The number of nitrogens with one attached hydrogen (secondary N) is 1. The van der Waals surface area contributed by atoms with E-state index in [1.165, 1.54) is 6.20 Å². The Balaban J connectivity index is 2.32. The van der Waals surface area contributed by atoms with Crippen LogP contribution in [0.5, 0.6) is 0 Å². The minimum atomic E-state index is -0.381. The average molecular weight is 244 g/mol. The molecule has 0 unspecified atom stereocenters. The molecule has 1 aromatic heterocycles. The molecule has 0 atom stereocenters. The molecule has 0 bridgehead atoms. The number of rotatable bonds is 6. The molecule has 5 nitrogen and oxygen atoms in total. The molecule has 1 N–H and O–H groups in total. The summed E-state index contributed by atoms with van der Waals surface area (Å²) in [7, 11) is 0. The second-order valence-electron chi connectivity index (χ2n) is 3.30. The summed E-state index contributed by atoms with van der Waals surface area (Å²) >= 11 is 5.17. The monoisotopic (exact) mass is 243 g/mol. The minimum Gasteiger partial charge on any atom is -0.352 e. The molecule has 0 aliphatic heterocycles. The summed E-state index contributed by atoms with van der Waals surface area (Å²) in [4.78, 5) is 22.0. The first-order chi connectivity index (χ1) is 7.63. The Morgan fingerprint density at radius 2 is 2.31 bits per heavy atom. The van der Waals surface area contributed by atoms with Crippen LogP contribution < -0.4 is 5.32 Å². The fourth-order valence-electron chi connectivity index (χ4n) is 1.19. The lowest BCUT2D eigenvalue weighted by atomic mass is 10.3. The normalized spacial score (nSPS) is 10.1. The molecule has 88 valence electrons. The van der Waals surface area contributed by atoms with Gasteiger partial charge >= 0.3 is 0 Å². The zero-order valence-electron chi connectivity index (χ0n) is 9.07. The number of hydrogen-bond donors (Lipinski definition) is 1. The number of halogens is 1. The van der Waals surface area contributed by atoms with Crippen molar-refractivity contribution in [3.8, 4) is 0 Å². The molecule has 0 aromatic carbocycles. The van der Waals surface area contributed by atoms with Gasteiger partial charge in [0.25, 0.3) is 5.91 Å². The summed E-state index contributed by atoms with van der Waals surface area (Å²) in [5, 5.41) is 6.30. The molecule has 1 aromatic rings. The Hall–Kier alpha value is -1.36.